The van der Waals surface area contributed by atoms with Gasteiger partial charge in [-0.05, 0) is 26.7 Å². The Morgan fingerprint density at radius 1 is 1.29 bits per heavy atom. The average molecular weight is 386 g/mol. The normalized spacial score (nSPS) is 20.9. The Morgan fingerprint density at radius 2 is 2.04 bits per heavy atom. The van der Waals surface area contributed by atoms with E-state index >= 15 is 0 Å². The van der Waals surface area contributed by atoms with Gasteiger partial charge in [0, 0.05) is 43.6 Å². The number of fused-ring (bicyclic) bond motifs is 2. The zero-order valence-electron chi connectivity index (χ0n) is 17.6. The van der Waals surface area contributed by atoms with Gasteiger partial charge < -0.3 is 4.90 Å². The summed E-state index contributed by atoms with van der Waals surface area (Å²) in [6.07, 6.45) is 2.69. The number of nitrogens with one attached hydrogen (secondary N) is 1. The van der Waals surface area contributed by atoms with Crippen LogP contribution in [-0.2, 0) is 17.8 Å². The van der Waals surface area contributed by atoms with E-state index < -0.39 is 5.41 Å². The van der Waals surface area contributed by atoms with Gasteiger partial charge in [0.15, 0.2) is 5.65 Å². The van der Waals surface area contributed by atoms with Crippen LogP contribution < -0.4 is 5.56 Å². The van der Waals surface area contributed by atoms with Gasteiger partial charge in [-0.3, -0.25) is 19.6 Å². The molecule has 1 saturated heterocycles. The highest BCUT2D eigenvalue weighted by Crippen LogP contribution is 2.35. The van der Waals surface area contributed by atoms with Gasteiger partial charge in [-0.2, -0.15) is 0 Å². The fourth-order valence-corrected chi connectivity index (χ4v) is 4.40. The Labute approximate surface area is 165 Å². The molecule has 2 aromatic rings. The van der Waals surface area contributed by atoms with E-state index in [9.17, 15) is 9.59 Å². The minimum absolute atomic E-state index is 0.0108. The zero-order chi connectivity index (χ0) is 20.2. The third-order valence-electron chi connectivity index (χ3n) is 6.06. The Hall–Kier alpha value is -2.15. The smallest absolute Gasteiger partial charge is 0.277 e. The van der Waals surface area contributed by atoms with Gasteiger partial charge in [0.05, 0.1) is 23.0 Å². The van der Waals surface area contributed by atoms with Crippen LogP contribution in [-0.4, -0.2) is 49.4 Å². The molecule has 1 fully saturated rings. The van der Waals surface area contributed by atoms with Gasteiger partial charge in [-0.25, -0.2) is 9.50 Å². The minimum Gasteiger partial charge on any atom is -0.334 e. The molecule has 0 aliphatic carbocycles. The molecule has 0 saturated carbocycles. The standard InChI is InChI=1S/C21H31N5O2/c1-13(2)24-10-8-15-14(12-24)19(27)26-18(22-15)11-16(23-26)17-7-6-9-25(17)20(28)21(3,4)5/h11,13,17,23H,6-10,12H2,1-5H3/t17-/m1/s1. The van der Waals surface area contributed by atoms with E-state index in [1.165, 1.54) is 0 Å². The molecule has 2 aromatic heterocycles. The van der Waals surface area contributed by atoms with Crippen molar-refractivity contribution in [2.24, 2.45) is 5.41 Å². The second kappa shape index (κ2) is 6.72. The highest BCUT2D eigenvalue weighted by Gasteiger charge is 2.36. The van der Waals surface area contributed by atoms with Gasteiger partial charge in [-0.1, -0.05) is 20.8 Å². The largest absolute Gasteiger partial charge is 0.334 e. The van der Waals surface area contributed by atoms with Crippen molar-refractivity contribution in [2.75, 3.05) is 13.1 Å². The van der Waals surface area contributed by atoms with Crippen LogP contribution in [0.3, 0.4) is 0 Å². The number of H-pyrrole nitrogens is 1. The highest BCUT2D eigenvalue weighted by molar-refractivity contribution is 5.82. The summed E-state index contributed by atoms with van der Waals surface area (Å²) in [5.74, 6) is 0.154. The summed E-state index contributed by atoms with van der Waals surface area (Å²) < 4.78 is 1.57. The summed E-state index contributed by atoms with van der Waals surface area (Å²) in [6, 6.07) is 2.34. The van der Waals surface area contributed by atoms with Gasteiger partial charge in [-0.15, -0.1) is 0 Å². The SMILES string of the molecule is CC(C)N1CCc2nc3cc([C@H]4CCCN4C(=O)C(C)(C)C)[nH]n3c(=O)c2C1. The van der Waals surface area contributed by atoms with E-state index in [1.54, 1.807) is 4.52 Å². The minimum atomic E-state index is -0.414. The number of aromatic amines is 1. The van der Waals surface area contributed by atoms with Gasteiger partial charge in [0.2, 0.25) is 5.91 Å². The maximum Gasteiger partial charge on any atom is 0.277 e. The Balaban J connectivity index is 1.72. The van der Waals surface area contributed by atoms with E-state index in [0.29, 0.717) is 18.2 Å². The first kappa shape index (κ1) is 19.2. The molecule has 0 spiro atoms. The van der Waals surface area contributed by atoms with E-state index in [4.69, 9.17) is 4.98 Å². The van der Waals surface area contributed by atoms with Crippen LogP contribution in [0.5, 0.6) is 0 Å². The molecule has 1 amide bonds. The fraction of sp³-hybridized carbons (Fsp3) is 0.667. The Bertz CT molecular complexity index is 966. The van der Waals surface area contributed by atoms with Crippen molar-refractivity contribution in [1.29, 1.82) is 0 Å². The lowest BCUT2D eigenvalue weighted by atomic mass is 9.94. The topological polar surface area (TPSA) is 73.7 Å². The van der Waals surface area contributed by atoms with Crippen molar-refractivity contribution < 1.29 is 4.79 Å². The summed E-state index contributed by atoms with van der Waals surface area (Å²) in [5, 5.41) is 3.27. The first-order valence-corrected chi connectivity index (χ1v) is 10.4. The van der Waals surface area contributed by atoms with Crippen molar-refractivity contribution >= 4 is 11.6 Å². The first-order chi connectivity index (χ1) is 13.2. The number of carbonyl (C=O) groups excluding carboxylic acids is 1. The van der Waals surface area contributed by atoms with Crippen LogP contribution in [0.1, 0.15) is 70.5 Å². The third kappa shape index (κ3) is 3.15. The quantitative estimate of drug-likeness (QED) is 0.862. The van der Waals surface area contributed by atoms with Crippen LogP contribution in [0.25, 0.3) is 5.65 Å². The number of aromatic nitrogens is 3. The molecule has 0 aromatic carbocycles. The Kier molecular flexibility index (Phi) is 4.61. The van der Waals surface area contributed by atoms with Crippen LogP contribution >= 0.6 is 0 Å². The number of hydrogen-bond acceptors (Lipinski definition) is 4. The zero-order valence-corrected chi connectivity index (χ0v) is 17.6. The van der Waals surface area contributed by atoms with Crippen molar-refractivity contribution in [3.05, 3.63) is 33.4 Å². The van der Waals surface area contributed by atoms with Crippen LogP contribution in [0.4, 0.5) is 0 Å². The van der Waals surface area contributed by atoms with Crippen LogP contribution in [0, 0.1) is 5.41 Å². The number of carbonyl (C=O) groups is 1. The molecule has 7 nitrogen and oxygen atoms in total. The number of likely N-dealkylation sites (tertiary alicyclic amines) is 1. The lowest BCUT2D eigenvalue weighted by molar-refractivity contribution is -0.140. The molecule has 1 atom stereocenters. The molecule has 2 aliphatic heterocycles. The molecule has 0 radical (unpaired) electrons. The molecule has 152 valence electrons. The lowest BCUT2D eigenvalue weighted by Gasteiger charge is -2.30. The predicted molar refractivity (Wildman–Crippen MR) is 108 cm³/mol. The highest BCUT2D eigenvalue weighted by atomic mass is 16.2. The second-order valence-electron chi connectivity index (χ2n) is 9.47. The maximum absolute atomic E-state index is 13.1. The van der Waals surface area contributed by atoms with E-state index in [0.717, 1.165) is 49.3 Å². The van der Waals surface area contributed by atoms with Crippen molar-refractivity contribution in [2.45, 2.75) is 72.5 Å². The van der Waals surface area contributed by atoms with Crippen molar-refractivity contribution in [3.8, 4) is 0 Å². The summed E-state index contributed by atoms with van der Waals surface area (Å²) in [6.45, 7) is 12.5. The van der Waals surface area contributed by atoms with Gasteiger partial charge in [0.1, 0.15) is 0 Å². The van der Waals surface area contributed by atoms with E-state index in [2.05, 4.69) is 23.8 Å². The number of hydrogen-bond donors (Lipinski definition) is 1. The predicted octanol–water partition coefficient (Wildman–Crippen LogP) is 2.50. The molecular formula is C21H31N5O2. The summed E-state index contributed by atoms with van der Waals surface area (Å²) in [4.78, 5) is 35.0. The van der Waals surface area contributed by atoms with Gasteiger partial charge >= 0.3 is 0 Å². The molecule has 0 bridgehead atoms. The molecule has 4 rings (SSSR count). The van der Waals surface area contributed by atoms with Crippen LogP contribution in [0.15, 0.2) is 10.9 Å². The molecule has 28 heavy (non-hydrogen) atoms. The van der Waals surface area contributed by atoms with Crippen molar-refractivity contribution in [1.82, 2.24) is 24.4 Å². The summed E-state index contributed by atoms with van der Waals surface area (Å²) in [5.41, 5.74) is 2.85. The monoisotopic (exact) mass is 385 g/mol. The molecule has 2 aliphatic rings. The number of rotatable bonds is 2. The molecule has 4 heterocycles. The molecule has 0 unspecified atom stereocenters. The average Bonchev–Trinajstić information content (AvgIpc) is 3.26. The summed E-state index contributed by atoms with van der Waals surface area (Å²) in [7, 11) is 0. The Morgan fingerprint density at radius 3 is 2.71 bits per heavy atom. The lowest BCUT2D eigenvalue weighted by Crippen LogP contribution is -2.40. The first-order valence-electron chi connectivity index (χ1n) is 10.4. The third-order valence-corrected chi connectivity index (χ3v) is 6.06. The number of nitrogens with zero attached hydrogens (tertiary/aromatic N) is 4. The second-order valence-corrected chi connectivity index (χ2v) is 9.47. The van der Waals surface area contributed by atoms with Crippen molar-refractivity contribution in [3.63, 3.8) is 0 Å². The maximum atomic E-state index is 13.1. The molecule has 7 heteroatoms. The van der Waals surface area contributed by atoms with E-state index in [-0.39, 0.29) is 17.5 Å². The fourth-order valence-electron chi connectivity index (χ4n) is 4.40. The van der Waals surface area contributed by atoms with Crippen LogP contribution in [0.2, 0.25) is 0 Å². The molecule has 1 N–H and O–H groups in total. The van der Waals surface area contributed by atoms with E-state index in [1.807, 2.05) is 31.7 Å². The summed E-state index contributed by atoms with van der Waals surface area (Å²) >= 11 is 0. The van der Waals surface area contributed by atoms with Gasteiger partial charge in [0.25, 0.3) is 5.56 Å². The molecular weight excluding hydrogens is 354 g/mol. The number of amides is 1.